The Morgan fingerprint density at radius 2 is 2.00 bits per heavy atom. The lowest BCUT2D eigenvalue weighted by molar-refractivity contribution is -0.173. The van der Waals surface area contributed by atoms with Crippen LogP contribution in [0.3, 0.4) is 0 Å². The summed E-state index contributed by atoms with van der Waals surface area (Å²) < 4.78 is 42.6. The second-order valence-electron chi connectivity index (χ2n) is 7.65. The molecule has 4 atom stereocenters. The van der Waals surface area contributed by atoms with E-state index in [4.69, 9.17) is 10.5 Å². The maximum atomic E-state index is 13.2. The van der Waals surface area contributed by atoms with Gasteiger partial charge in [0.2, 0.25) is 5.78 Å². The first-order chi connectivity index (χ1) is 16.0. The molecule has 0 spiro atoms. The molecule has 10 nitrogen and oxygen atoms in total. The van der Waals surface area contributed by atoms with Crippen molar-refractivity contribution in [1.29, 1.82) is 0 Å². The number of alkyl halides is 3. The highest BCUT2D eigenvalue weighted by Crippen LogP contribution is 2.29. The van der Waals surface area contributed by atoms with E-state index in [0.717, 1.165) is 11.0 Å². The summed E-state index contributed by atoms with van der Waals surface area (Å²) in [5.74, 6) is -2.84. The number of rotatable bonds is 7. The van der Waals surface area contributed by atoms with Gasteiger partial charge in [-0.05, 0) is 0 Å². The molecular weight excluding hydrogens is 461 g/mol. The van der Waals surface area contributed by atoms with E-state index in [1.807, 2.05) is 0 Å². The lowest BCUT2D eigenvalue weighted by atomic mass is 9.89. The number of amides is 3. The largest absolute Gasteiger partial charge is 0.471 e. The Kier molecular flexibility index (Phi) is 7.41. The van der Waals surface area contributed by atoms with Crippen molar-refractivity contribution in [3.05, 3.63) is 59.8 Å². The van der Waals surface area contributed by atoms with Crippen LogP contribution < -0.4 is 16.4 Å². The summed E-state index contributed by atoms with van der Waals surface area (Å²) in [6.45, 7) is -1.03. The number of ketones is 1. The van der Waals surface area contributed by atoms with E-state index in [2.05, 4.69) is 5.32 Å². The summed E-state index contributed by atoms with van der Waals surface area (Å²) >= 11 is 0. The number of ether oxygens (including phenoxy) is 1. The number of aliphatic hydroxyl groups is 2. The van der Waals surface area contributed by atoms with Gasteiger partial charge in [0.15, 0.2) is 5.66 Å². The summed E-state index contributed by atoms with van der Waals surface area (Å²) in [6, 6.07) is 6.96. The molecule has 34 heavy (non-hydrogen) atoms. The van der Waals surface area contributed by atoms with Crippen molar-refractivity contribution in [3.8, 4) is 0 Å². The van der Waals surface area contributed by atoms with Gasteiger partial charge in [-0.2, -0.15) is 13.2 Å². The number of benzene rings is 1. The van der Waals surface area contributed by atoms with Crippen molar-refractivity contribution in [2.45, 2.75) is 36.7 Å². The number of halogens is 3. The number of urea groups is 1. The van der Waals surface area contributed by atoms with Crippen LogP contribution in [0.4, 0.5) is 18.0 Å². The Morgan fingerprint density at radius 3 is 2.59 bits per heavy atom. The van der Waals surface area contributed by atoms with Crippen molar-refractivity contribution >= 4 is 17.7 Å². The fourth-order valence-corrected chi connectivity index (χ4v) is 3.50. The average Bonchev–Trinajstić information content (AvgIpc) is 3.17. The molecule has 0 aromatic heterocycles. The molecule has 0 saturated carbocycles. The van der Waals surface area contributed by atoms with E-state index in [9.17, 15) is 37.8 Å². The number of aliphatic hydroxyl groups excluding tert-OH is 2. The predicted molar refractivity (Wildman–Crippen MR) is 111 cm³/mol. The van der Waals surface area contributed by atoms with Crippen molar-refractivity contribution in [2.75, 3.05) is 13.2 Å². The summed E-state index contributed by atoms with van der Waals surface area (Å²) in [6.07, 6.45) is -4.59. The Balaban J connectivity index is 1.91. The predicted octanol–water partition coefficient (Wildman–Crippen LogP) is 0.136. The van der Waals surface area contributed by atoms with E-state index >= 15 is 0 Å². The van der Waals surface area contributed by atoms with Crippen molar-refractivity contribution in [1.82, 2.24) is 15.5 Å². The van der Waals surface area contributed by atoms with Gasteiger partial charge in [-0.25, -0.2) is 4.79 Å². The molecule has 0 bridgehead atoms. The Labute approximate surface area is 191 Å². The first kappa shape index (κ1) is 25.4. The minimum absolute atomic E-state index is 0.0206. The Bertz CT molecular complexity index is 1000. The van der Waals surface area contributed by atoms with Gasteiger partial charge in [0, 0.05) is 30.3 Å². The Hall–Kier alpha value is -3.26. The number of carbonyl (C=O) groups excluding carboxylic acids is 3. The van der Waals surface area contributed by atoms with Crippen LogP contribution >= 0.6 is 0 Å². The number of hydrogen-bond acceptors (Lipinski definition) is 7. The number of hydrogen-bond donors (Lipinski definition) is 5. The number of nitrogens with one attached hydrogen (secondary N) is 2. The second kappa shape index (κ2) is 9.93. The highest BCUT2D eigenvalue weighted by atomic mass is 19.4. The smallest absolute Gasteiger partial charge is 0.394 e. The summed E-state index contributed by atoms with van der Waals surface area (Å²) in [5.41, 5.74) is 4.35. The van der Waals surface area contributed by atoms with Crippen LogP contribution in [0.25, 0.3) is 0 Å². The van der Waals surface area contributed by atoms with Crippen LogP contribution in [0.2, 0.25) is 0 Å². The maximum Gasteiger partial charge on any atom is 0.471 e. The molecule has 1 saturated heterocycles. The van der Waals surface area contributed by atoms with Gasteiger partial charge >= 0.3 is 18.1 Å². The fraction of sp³-hybridized carbons (Fsp3) is 0.381. The zero-order valence-electron chi connectivity index (χ0n) is 17.7. The molecular formula is C21H23F3N4O6. The number of Topliss-reactive ketones (excluding diaryl/α,β-unsaturated/α-hetero) is 1. The van der Waals surface area contributed by atoms with E-state index in [1.165, 1.54) is 24.4 Å². The van der Waals surface area contributed by atoms with Gasteiger partial charge in [-0.3, -0.25) is 20.2 Å². The molecule has 6 N–H and O–H groups in total. The normalized spacial score (nSPS) is 27.5. The third-order valence-electron chi connectivity index (χ3n) is 5.30. The minimum Gasteiger partial charge on any atom is -0.394 e. The van der Waals surface area contributed by atoms with Crippen LogP contribution in [-0.2, 0) is 9.53 Å². The van der Waals surface area contributed by atoms with Gasteiger partial charge in [0.1, 0.15) is 12.3 Å². The van der Waals surface area contributed by atoms with Crippen LogP contribution in [0.5, 0.6) is 0 Å². The van der Waals surface area contributed by atoms with E-state index in [1.54, 1.807) is 23.5 Å². The molecule has 1 aromatic carbocycles. The lowest BCUT2D eigenvalue weighted by Crippen LogP contribution is -2.67. The van der Waals surface area contributed by atoms with E-state index in [-0.39, 0.29) is 17.6 Å². The first-order valence-electron chi connectivity index (χ1n) is 10.1. The maximum absolute atomic E-state index is 13.2. The molecule has 2 aliphatic rings. The summed E-state index contributed by atoms with van der Waals surface area (Å²) in [5, 5.41) is 23.3. The van der Waals surface area contributed by atoms with Crippen LogP contribution in [-0.4, -0.2) is 76.3 Å². The lowest BCUT2D eigenvalue weighted by Gasteiger charge is -2.39. The molecule has 3 rings (SSSR count). The minimum atomic E-state index is -5.06. The second-order valence-corrected chi connectivity index (χ2v) is 7.65. The molecule has 1 unspecified atom stereocenters. The quantitative estimate of drug-likeness (QED) is 0.345. The molecule has 13 heteroatoms. The topological polar surface area (TPSA) is 154 Å². The summed E-state index contributed by atoms with van der Waals surface area (Å²) in [7, 11) is 0. The summed E-state index contributed by atoms with van der Waals surface area (Å²) in [4.78, 5) is 38.0. The van der Waals surface area contributed by atoms with Crippen LogP contribution in [0.1, 0.15) is 16.8 Å². The first-order valence-corrected chi connectivity index (χ1v) is 10.1. The van der Waals surface area contributed by atoms with Gasteiger partial charge < -0.3 is 25.6 Å². The highest BCUT2D eigenvalue weighted by molar-refractivity contribution is 6.08. The molecule has 2 heterocycles. The zero-order valence-corrected chi connectivity index (χ0v) is 17.7. The molecule has 0 aliphatic carbocycles. The zero-order chi connectivity index (χ0) is 25.1. The van der Waals surface area contributed by atoms with Crippen LogP contribution in [0, 0.1) is 0 Å². The average molecular weight is 484 g/mol. The Morgan fingerprint density at radius 1 is 1.32 bits per heavy atom. The highest BCUT2D eigenvalue weighted by Gasteiger charge is 2.47. The van der Waals surface area contributed by atoms with Crippen molar-refractivity contribution in [3.63, 3.8) is 0 Å². The van der Waals surface area contributed by atoms with Crippen LogP contribution in [0.15, 0.2) is 54.3 Å². The van der Waals surface area contributed by atoms with Crippen molar-refractivity contribution in [2.24, 2.45) is 5.73 Å². The van der Waals surface area contributed by atoms with Gasteiger partial charge in [-0.15, -0.1) is 0 Å². The van der Waals surface area contributed by atoms with E-state index in [0.29, 0.717) is 0 Å². The van der Waals surface area contributed by atoms with Gasteiger partial charge in [-0.1, -0.05) is 42.5 Å². The molecule has 1 aromatic rings. The molecule has 0 radical (unpaired) electrons. The third kappa shape index (κ3) is 5.28. The standard InChI is InChI=1S/C21H23F3N4O6/c22-21(23,24)18(32)26-8-4-7-13-10-28(16-9-14(30)15(11-29)34-16)19(33)27-20(13,25)17(31)12-5-2-1-3-6-12/h1-7,10,14-16,29-30H,8-9,11,25H2,(H,26,32)(H,27,33)/t14-,15+,16+,20?/m0/s1. The molecule has 2 aliphatic heterocycles. The molecule has 184 valence electrons. The molecule has 1 fully saturated rings. The molecule has 3 amide bonds. The fourth-order valence-electron chi connectivity index (χ4n) is 3.50. The van der Waals surface area contributed by atoms with Gasteiger partial charge in [0.25, 0.3) is 0 Å². The number of nitrogens with zero attached hydrogens (tertiary/aromatic N) is 1. The number of nitrogens with two attached hydrogens (primary N) is 1. The van der Waals surface area contributed by atoms with Crippen molar-refractivity contribution < 1.29 is 42.5 Å². The monoisotopic (exact) mass is 484 g/mol. The number of carbonyl (C=O) groups is 3. The third-order valence-corrected chi connectivity index (χ3v) is 5.30. The van der Waals surface area contributed by atoms with Gasteiger partial charge in [0.05, 0.1) is 12.7 Å². The van der Waals surface area contributed by atoms with E-state index < -0.39 is 61.1 Å². The SMILES string of the molecule is NC1(C(=O)c2ccccc2)NC(=O)N([C@H]2C[C@H](O)[C@@H](CO)O2)C=C1C=CCNC(=O)C(F)(F)F.